The van der Waals surface area contributed by atoms with Crippen LogP contribution in [0.3, 0.4) is 0 Å². The van der Waals surface area contributed by atoms with Crippen LogP contribution in [0.4, 0.5) is 0 Å². The molecule has 1 aliphatic rings. The number of rotatable bonds is 2. The summed E-state index contributed by atoms with van der Waals surface area (Å²) in [7, 11) is 0. The van der Waals surface area contributed by atoms with Crippen molar-refractivity contribution >= 4 is 19.6 Å². The SMILES string of the molecule is OC1C[C@H](c2ccccc2)[Se]C(c2ccccc2)=N1. The molecule has 2 nitrogen and oxygen atoms in total. The first-order chi connectivity index (χ1) is 9.33. The first-order valence-corrected chi connectivity index (χ1v) is 8.20. The minimum atomic E-state index is -0.573. The normalized spacial score (nSPS) is 22.9. The zero-order valence-corrected chi connectivity index (χ0v) is 12.2. The molecule has 0 spiro atoms. The predicted octanol–water partition coefficient (Wildman–Crippen LogP) is 2.60. The summed E-state index contributed by atoms with van der Waals surface area (Å²) in [5.41, 5.74) is 2.45. The number of hydrogen-bond acceptors (Lipinski definition) is 2. The zero-order valence-electron chi connectivity index (χ0n) is 10.4. The molecule has 0 amide bonds. The number of nitrogens with zero attached hydrogens (tertiary/aromatic N) is 1. The molecule has 0 bridgehead atoms. The number of aliphatic imine (C=N–C) groups is 1. The van der Waals surface area contributed by atoms with E-state index in [9.17, 15) is 5.11 Å². The summed E-state index contributed by atoms with van der Waals surface area (Å²) >= 11 is 0.266. The van der Waals surface area contributed by atoms with E-state index in [1.807, 2.05) is 24.3 Å². The molecule has 0 radical (unpaired) electrons. The molecule has 0 fully saturated rings. The summed E-state index contributed by atoms with van der Waals surface area (Å²) in [6, 6.07) is 20.6. The van der Waals surface area contributed by atoms with Crippen molar-refractivity contribution in [1.82, 2.24) is 0 Å². The average molecular weight is 316 g/mol. The Morgan fingerprint density at radius 2 is 1.58 bits per heavy atom. The first-order valence-electron chi connectivity index (χ1n) is 6.36. The monoisotopic (exact) mass is 317 g/mol. The average Bonchev–Trinajstić information content (AvgIpc) is 2.48. The maximum absolute atomic E-state index is 10.00. The second-order valence-corrected chi connectivity index (χ2v) is 7.03. The van der Waals surface area contributed by atoms with Crippen LogP contribution in [0, 0.1) is 0 Å². The molecule has 0 aromatic heterocycles. The first kappa shape index (κ1) is 12.6. The van der Waals surface area contributed by atoms with E-state index in [1.54, 1.807) is 0 Å². The molecule has 2 atom stereocenters. The van der Waals surface area contributed by atoms with Crippen LogP contribution in [0.25, 0.3) is 0 Å². The van der Waals surface area contributed by atoms with E-state index in [-0.39, 0.29) is 15.0 Å². The van der Waals surface area contributed by atoms with Crippen LogP contribution in [-0.4, -0.2) is 30.9 Å². The predicted molar refractivity (Wildman–Crippen MR) is 78.5 cm³/mol. The standard InChI is InChI=1S/C16H15NOSe/c18-15-11-14(12-7-3-1-4-8-12)19-16(17-15)13-9-5-2-6-10-13/h1-10,14-15,18H,11H2/t14-,15?/m1/s1. The van der Waals surface area contributed by atoms with Crippen LogP contribution in [-0.2, 0) is 0 Å². The van der Waals surface area contributed by atoms with Gasteiger partial charge in [-0.15, -0.1) is 0 Å². The van der Waals surface area contributed by atoms with Crippen LogP contribution in [0.15, 0.2) is 65.7 Å². The molecular formula is C16H15NOSe. The van der Waals surface area contributed by atoms with Crippen molar-refractivity contribution < 1.29 is 5.11 Å². The molecule has 2 aromatic rings. The fourth-order valence-electron chi connectivity index (χ4n) is 2.19. The van der Waals surface area contributed by atoms with Crippen molar-refractivity contribution in [3.8, 4) is 0 Å². The van der Waals surface area contributed by atoms with Crippen LogP contribution < -0.4 is 0 Å². The fourth-order valence-corrected chi connectivity index (χ4v) is 4.89. The van der Waals surface area contributed by atoms with Gasteiger partial charge in [-0.25, -0.2) is 0 Å². The molecule has 1 unspecified atom stereocenters. The third kappa shape index (κ3) is 2.95. The molecule has 0 aliphatic carbocycles. The summed E-state index contributed by atoms with van der Waals surface area (Å²) in [6.45, 7) is 0. The van der Waals surface area contributed by atoms with E-state index in [0.29, 0.717) is 4.82 Å². The quantitative estimate of drug-likeness (QED) is 0.849. The van der Waals surface area contributed by atoms with Gasteiger partial charge in [0.1, 0.15) is 0 Å². The van der Waals surface area contributed by atoms with Gasteiger partial charge in [0, 0.05) is 0 Å². The van der Waals surface area contributed by atoms with Gasteiger partial charge in [-0.3, -0.25) is 0 Å². The van der Waals surface area contributed by atoms with Gasteiger partial charge in [0.2, 0.25) is 0 Å². The second kappa shape index (κ2) is 5.70. The molecule has 1 N–H and O–H groups in total. The Morgan fingerprint density at radius 3 is 2.26 bits per heavy atom. The third-order valence-corrected chi connectivity index (χ3v) is 5.89. The number of aliphatic hydroxyl groups excluding tert-OH is 1. The fraction of sp³-hybridized carbons (Fsp3) is 0.188. The molecule has 96 valence electrons. The topological polar surface area (TPSA) is 32.6 Å². The van der Waals surface area contributed by atoms with Gasteiger partial charge in [-0.05, 0) is 0 Å². The van der Waals surface area contributed by atoms with E-state index in [0.717, 1.165) is 16.6 Å². The molecule has 0 saturated heterocycles. The summed E-state index contributed by atoms with van der Waals surface area (Å²) in [5, 5.41) is 10.00. The Bertz CT molecular complexity index is 568. The van der Waals surface area contributed by atoms with Crippen LogP contribution in [0.5, 0.6) is 0 Å². The molecule has 0 saturated carbocycles. The van der Waals surface area contributed by atoms with E-state index in [1.165, 1.54) is 5.56 Å². The molecule has 19 heavy (non-hydrogen) atoms. The van der Waals surface area contributed by atoms with Crippen molar-refractivity contribution in [2.75, 3.05) is 0 Å². The van der Waals surface area contributed by atoms with E-state index >= 15 is 0 Å². The van der Waals surface area contributed by atoms with E-state index in [2.05, 4.69) is 41.4 Å². The van der Waals surface area contributed by atoms with Crippen LogP contribution >= 0.6 is 0 Å². The van der Waals surface area contributed by atoms with Gasteiger partial charge in [0.15, 0.2) is 0 Å². The second-order valence-electron chi connectivity index (χ2n) is 4.53. The van der Waals surface area contributed by atoms with Crippen molar-refractivity contribution in [1.29, 1.82) is 0 Å². The minimum absolute atomic E-state index is 0.266. The number of benzene rings is 2. The summed E-state index contributed by atoms with van der Waals surface area (Å²) < 4.78 is 1.07. The number of aliphatic hydroxyl groups is 1. The van der Waals surface area contributed by atoms with Gasteiger partial charge >= 0.3 is 119 Å². The Labute approximate surface area is 119 Å². The Morgan fingerprint density at radius 1 is 0.947 bits per heavy atom. The van der Waals surface area contributed by atoms with Gasteiger partial charge in [-0.2, -0.15) is 0 Å². The van der Waals surface area contributed by atoms with Crippen molar-refractivity contribution in [3.05, 3.63) is 71.8 Å². The third-order valence-electron chi connectivity index (χ3n) is 3.14. The van der Waals surface area contributed by atoms with Crippen molar-refractivity contribution in [2.45, 2.75) is 17.5 Å². The van der Waals surface area contributed by atoms with Gasteiger partial charge in [-0.1, -0.05) is 0 Å². The molecule has 2 aromatic carbocycles. The summed E-state index contributed by atoms with van der Waals surface area (Å²) in [5.74, 6) is 0. The Hall–Kier alpha value is -1.41. The summed E-state index contributed by atoms with van der Waals surface area (Å²) in [4.78, 5) is 4.84. The molecular weight excluding hydrogens is 301 g/mol. The zero-order chi connectivity index (χ0) is 13.1. The van der Waals surface area contributed by atoms with Gasteiger partial charge in [0.05, 0.1) is 0 Å². The molecule has 3 rings (SSSR count). The van der Waals surface area contributed by atoms with Gasteiger partial charge < -0.3 is 0 Å². The Kier molecular flexibility index (Phi) is 3.79. The van der Waals surface area contributed by atoms with E-state index in [4.69, 9.17) is 0 Å². The summed E-state index contributed by atoms with van der Waals surface area (Å²) in [6.07, 6.45) is 0.163. The van der Waals surface area contributed by atoms with Crippen LogP contribution in [0.1, 0.15) is 22.4 Å². The molecule has 1 heterocycles. The molecule has 3 heteroatoms. The van der Waals surface area contributed by atoms with E-state index < -0.39 is 6.23 Å². The van der Waals surface area contributed by atoms with Crippen molar-refractivity contribution in [2.24, 2.45) is 4.99 Å². The number of hydrogen-bond donors (Lipinski definition) is 1. The van der Waals surface area contributed by atoms with Gasteiger partial charge in [0.25, 0.3) is 0 Å². The molecule has 1 aliphatic heterocycles. The van der Waals surface area contributed by atoms with Crippen molar-refractivity contribution in [3.63, 3.8) is 0 Å². The maximum atomic E-state index is 10.00. The van der Waals surface area contributed by atoms with Crippen LogP contribution in [0.2, 0.25) is 0 Å². The Balaban J connectivity index is 1.88.